The fourth-order valence-electron chi connectivity index (χ4n) is 3.19. The van der Waals surface area contributed by atoms with Crippen molar-refractivity contribution in [3.63, 3.8) is 0 Å². The van der Waals surface area contributed by atoms with Gasteiger partial charge in [0.1, 0.15) is 5.76 Å². The minimum atomic E-state index is -3.33. The molecule has 1 N–H and O–H groups in total. The van der Waals surface area contributed by atoms with Gasteiger partial charge in [-0.25, -0.2) is 14.0 Å². The molecule has 1 aromatic carbocycles. The van der Waals surface area contributed by atoms with Crippen LogP contribution >= 0.6 is 7.60 Å². The number of hydrogen-bond acceptors (Lipinski definition) is 11. The second-order valence-electron chi connectivity index (χ2n) is 6.87. The minimum absolute atomic E-state index is 0.0803. The number of nitro benzene ring substituents is 1. The third kappa shape index (κ3) is 5.39. The van der Waals surface area contributed by atoms with Crippen molar-refractivity contribution < 1.29 is 32.7 Å². The molecule has 1 unspecified atom stereocenters. The van der Waals surface area contributed by atoms with E-state index in [4.69, 9.17) is 13.8 Å². The lowest BCUT2D eigenvalue weighted by atomic mass is 10.1. The van der Waals surface area contributed by atoms with Crippen LogP contribution in [-0.4, -0.2) is 47.6 Å². The molecule has 168 valence electrons. The van der Waals surface area contributed by atoms with Crippen LogP contribution < -0.4 is 5.32 Å². The molecule has 1 atom stereocenters. The number of hydrogen-bond donors (Lipinski definition) is 1. The van der Waals surface area contributed by atoms with Crippen molar-refractivity contribution in [3.8, 4) is 0 Å². The molecule has 31 heavy (non-hydrogen) atoms. The van der Waals surface area contributed by atoms with E-state index >= 15 is 0 Å². The number of nitro groups is 1. The highest BCUT2D eigenvalue weighted by Gasteiger charge is 2.31. The maximum atomic E-state index is 12.9. The first-order valence-corrected chi connectivity index (χ1v) is 11.4. The number of non-ortho nitro benzene ring substituents is 1. The van der Waals surface area contributed by atoms with E-state index in [1.165, 1.54) is 13.2 Å². The van der Waals surface area contributed by atoms with E-state index < -0.39 is 18.5 Å². The van der Waals surface area contributed by atoms with Gasteiger partial charge in [0.05, 0.1) is 36.1 Å². The van der Waals surface area contributed by atoms with Gasteiger partial charge in [-0.2, -0.15) is 0 Å². The SMILES string of the molecule is COC(=O)C1=C(C)OP(=O)(OCCCCNc2ccc([N+](=O)[O-])c3nonc23)CCC1. The largest absolute Gasteiger partial charge is 0.466 e. The molecule has 1 aromatic heterocycles. The van der Waals surface area contributed by atoms with Crippen LogP contribution in [0.2, 0.25) is 0 Å². The fraction of sp³-hybridized carbons (Fsp3) is 0.500. The summed E-state index contributed by atoms with van der Waals surface area (Å²) in [4.78, 5) is 22.2. The number of rotatable bonds is 9. The summed E-state index contributed by atoms with van der Waals surface area (Å²) in [5, 5.41) is 21.5. The summed E-state index contributed by atoms with van der Waals surface area (Å²) in [5.74, 6) is -0.211. The number of carbonyl (C=O) groups excluding carboxylic acids is 1. The molecule has 12 nitrogen and oxygen atoms in total. The zero-order valence-electron chi connectivity index (χ0n) is 17.2. The van der Waals surface area contributed by atoms with E-state index in [0.29, 0.717) is 43.5 Å². The molecule has 0 aliphatic carbocycles. The number of aromatic nitrogens is 2. The van der Waals surface area contributed by atoms with Crippen molar-refractivity contribution in [1.82, 2.24) is 10.3 Å². The smallest absolute Gasteiger partial charge is 0.378 e. The van der Waals surface area contributed by atoms with Crippen LogP contribution in [0, 0.1) is 10.1 Å². The van der Waals surface area contributed by atoms with E-state index in [1.807, 2.05) is 0 Å². The quantitative estimate of drug-likeness (QED) is 0.193. The van der Waals surface area contributed by atoms with Gasteiger partial charge in [0, 0.05) is 12.6 Å². The minimum Gasteiger partial charge on any atom is -0.466 e. The van der Waals surface area contributed by atoms with Crippen molar-refractivity contribution in [2.75, 3.05) is 31.7 Å². The van der Waals surface area contributed by atoms with Crippen LogP contribution in [0.4, 0.5) is 11.4 Å². The van der Waals surface area contributed by atoms with Crippen LogP contribution in [0.3, 0.4) is 0 Å². The average Bonchev–Trinajstić information content (AvgIpc) is 3.17. The lowest BCUT2D eigenvalue weighted by Crippen LogP contribution is -2.07. The molecular formula is C18H23N4O8P. The Kier molecular flexibility index (Phi) is 7.24. The zero-order chi connectivity index (χ0) is 22.4. The molecule has 0 spiro atoms. The van der Waals surface area contributed by atoms with Gasteiger partial charge < -0.3 is 14.6 Å². The van der Waals surface area contributed by atoms with Crippen molar-refractivity contribution in [3.05, 3.63) is 33.6 Å². The normalized spacial score (nSPS) is 19.0. The average molecular weight is 454 g/mol. The van der Waals surface area contributed by atoms with Gasteiger partial charge in [-0.1, -0.05) is 0 Å². The molecule has 13 heteroatoms. The topological polar surface area (TPSA) is 156 Å². The van der Waals surface area contributed by atoms with Crippen LogP contribution in [0.25, 0.3) is 11.0 Å². The van der Waals surface area contributed by atoms with Crippen molar-refractivity contribution in [2.45, 2.75) is 32.6 Å². The molecule has 0 fully saturated rings. The van der Waals surface area contributed by atoms with E-state index in [9.17, 15) is 19.5 Å². The van der Waals surface area contributed by atoms with Gasteiger partial charge in [0.2, 0.25) is 5.52 Å². The second kappa shape index (κ2) is 9.88. The van der Waals surface area contributed by atoms with E-state index in [-0.39, 0.29) is 35.2 Å². The molecular weight excluding hydrogens is 431 g/mol. The predicted molar refractivity (Wildman–Crippen MR) is 110 cm³/mol. The van der Waals surface area contributed by atoms with Crippen molar-refractivity contribution in [2.24, 2.45) is 0 Å². The first-order chi connectivity index (χ1) is 14.8. The monoisotopic (exact) mass is 454 g/mol. The number of nitrogens with zero attached hydrogens (tertiary/aromatic N) is 3. The van der Waals surface area contributed by atoms with Gasteiger partial charge >= 0.3 is 19.3 Å². The Morgan fingerprint density at radius 1 is 1.32 bits per heavy atom. The summed E-state index contributed by atoms with van der Waals surface area (Å²) >= 11 is 0. The molecule has 3 rings (SSSR count). The fourth-order valence-corrected chi connectivity index (χ4v) is 4.95. The van der Waals surface area contributed by atoms with Crippen molar-refractivity contribution in [1.29, 1.82) is 0 Å². The van der Waals surface area contributed by atoms with E-state index in [2.05, 4.69) is 20.3 Å². The highest BCUT2D eigenvalue weighted by molar-refractivity contribution is 7.54. The maximum Gasteiger partial charge on any atom is 0.378 e. The lowest BCUT2D eigenvalue weighted by Gasteiger charge is -2.18. The Bertz CT molecular complexity index is 1050. The molecule has 0 amide bonds. The Morgan fingerprint density at radius 2 is 2.10 bits per heavy atom. The number of allylic oxidation sites excluding steroid dienone is 1. The Morgan fingerprint density at radius 3 is 2.84 bits per heavy atom. The van der Waals surface area contributed by atoms with Crippen LogP contribution in [0.15, 0.2) is 28.1 Å². The van der Waals surface area contributed by atoms with Gasteiger partial charge in [-0.05, 0) is 49.0 Å². The highest BCUT2D eigenvalue weighted by atomic mass is 31.2. The van der Waals surface area contributed by atoms with E-state index in [0.717, 1.165) is 0 Å². The number of methoxy groups -OCH3 is 1. The van der Waals surface area contributed by atoms with Crippen LogP contribution in [0.5, 0.6) is 0 Å². The number of fused-ring (bicyclic) bond motifs is 1. The highest BCUT2D eigenvalue weighted by Crippen LogP contribution is 2.53. The summed E-state index contributed by atoms with van der Waals surface area (Å²) in [6.45, 7) is 2.34. The number of esters is 1. The van der Waals surface area contributed by atoms with Gasteiger partial charge in [-0.3, -0.25) is 14.6 Å². The Hall–Kier alpha value is -2.98. The first-order valence-electron chi connectivity index (χ1n) is 9.69. The molecule has 0 saturated carbocycles. The molecule has 1 aliphatic rings. The number of anilines is 1. The predicted octanol–water partition coefficient (Wildman–Crippen LogP) is 3.79. The van der Waals surface area contributed by atoms with Crippen LogP contribution in [0.1, 0.15) is 32.6 Å². The third-order valence-electron chi connectivity index (χ3n) is 4.76. The standard InChI is InChI=1S/C18H23N4O8P/c1-12-13(18(23)27-2)6-5-11-31(26,29-12)28-10-4-3-9-19-14-7-8-15(22(24)25)17-16(14)20-30-21-17/h7-8,19H,3-6,9-11H2,1-2H3. The summed E-state index contributed by atoms with van der Waals surface area (Å²) in [5.41, 5.74) is 1.13. The summed E-state index contributed by atoms with van der Waals surface area (Å²) in [7, 11) is -2.04. The Balaban J connectivity index is 1.47. The molecule has 2 aromatic rings. The lowest BCUT2D eigenvalue weighted by molar-refractivity contribution is -0.383. The summed E-state index contributed by atoms with van der Waals surface area (Å²) in [6.07, 6.45) is 2.42. The number of nitrogens with one attached hydrogen (secondary N) is 1. The van der Waals surface area contributed by atoms with Gasteiger partial charge in [-0.15, -0.1) is 0 Å². The molecule has 0 bridgehead atoms. The molecule has 0 saturated heterocycles. The Labute approximate surface area is 177 Å². The molecule has 2 heterocycles. The maximum absolute atomic E-state index is 12.9. The zero-order valence-corrected chi connectivity index (χ0v) is 18.1. The number of unbranched alkanes of at least 4 members (excludes halogenated alkanes) is 1. The second-order valence-corrected chi connectivity index (χ2v) is 8.98. The number of carbonyl (C=O) groups is 1. The number of ether oxygens (including phenoxy) is 1. The number of benzene rings is 1. The van der Waals surface area contributed by atoms with Crippen molar-refractivity contribution >= 4 is 36.0 Å². The van der Waals surface area contributed by atoms with Gasteiger partial charge in [0.15, 0.2) is 5.52 Å². The molecule has 0 radical (unpaired) electrons. The summed E-state index contributed by atoms with van der Waals surface area (Å²) in [6, 6.07) is 2.89. The summed E-state index contributed by atoms with van der Waals surface area (Å²) < 4.78 is 33.2. The first kappa shape index (κ1) is 22.7. The van der Waals surface area contributed by atoms with Gasteiger partial charge in [0.25, 0.3) is 0 Å². The third-order valence-corrected chi connectivity index (χ3v) is 6.75. The molecule has 1 aliphatic heterocycles. The van der Waals surface area contributed by atoms with Crippen LogP contribution in [-0.2, 0) is 23.1 Å². The van der Waals surface area contributed by atoms with E-state index in [1.54, 1.807) is 13.0 Å².